The number of hydrogen-bond donors (Lipinski definition) is 0. The summed E-state index contributed by atoms with van der Waals surface area (Å²) in [5.74, 6) is -3.22. The van der Waals surface area contributed by atoms with Crippen molar-refractivity contribution in [2.24, 2.45) is 0 Å². The van der Waals surface area contributed by atoms with E-state index >= 15 is 0 Å². The van der Waals surface area contributed by atoms with Crippen molar-refractivity contribution in [3.63, 3.8) is 0 Å². The SMILES string of the molecule is O=C([O-])c1cc(F)cc(C2=C(c3cc(C(F)(F)F)cnc3OCc3ccc(Cl)cc3F)CCC2)c1. The molecule has 0 saturated carbocycles. The quantitative estimate of drug-likeness (QED) is 0.379. The maximum Gasteiger partial charge on any atom is 0.417 e. The van der Waals surface area contributed by atoms with Crippen molar-refractivity contribution in [3.8, 4) is 5.88 Å². The zero-order chi connectivity index (χ0) is 25.3. The van der Waals surface area contributed by atoms with Gasteiger partial charge >= 0.3 is 6.18 Å². The van der Waals surface area contributed by atoms with Crippen LogP contribution in [0, 0.1) is 11.6 Å². The summed E-state index contributed by atoms with van der Waals surface area (Å²) in [5.41, 5.74) is -0.196. The van der Waals surface area contributed by atoms with E-state index in [9.17, 15) is 31.9 Å². The summed E-state index contributed by atoms with van der Waals surface area (Å²) in [6, 6.07) is 7.91. The molecule has 0 saturated heterocycles. The van der Waals surface area contributed by atoms with E-state index in [-0.39, 0.29) is 34.2 Å². The molecule has 0 fully saturated rings. The van der Waals surface area contributed by atoms with Gasteiger partial charge in [0, 0.05) is 27.9 Å². The molecule has 0 N–H and O–H groups in total. The number of ether oxygens (including phenoxy) is 1. The number of carboxylic acid groups (broad SMARTS) is 1. The van der Waals surface area contributed by atoms with Crippen molar-refractivity contribution in [2.75, 3.05) is 0 Å². The van der Waals surface area contributed by atoms with Crippen LogP contribution in [0.4, 0.5) is 22.0 Å². The Labute approximate surface area is 201 Å². The second-order valence-corrected chi connectivity index (χ2v) is 8.36. The number of aromatic nitrogens is 1. The predicted octanol–water partition coefficient (Wildman–Crippen LogP) is 6.07. The molecule has 0 spiro atoms. The van der Waals surface area contributed by atoms with Gasteiger partial charge in [-0.05, 0) is 72.4 Å². The lowest BCUT2D eigenvalue weighted by Crippen LogP contribution is -2.22. The van der Waals surface area contributed by atoms with Crippen LogP contribution in [-0.2, 0) is 12.8 Å². The molecule has 2 aromatic carbocycles. The van der Waals surface area contributed by atoms with Crippen molar-refractivity contribution < 1.29 is 36.6 Å². The highest BCUT2D eigenvalue weighted by Gasteiger charge is 2.33. The summed E-state index contributed by atoms with van der Waals surface area (Å²) in [6.07, 6.45) is -2.86. The van der Waals surface area contributed by atoms with Crippen molar-refractivity contribution >= 4 is 28.7 Å². The van der Waals surface area contributed by atoms with E-state index < -0.39 is 34.9 Å². The summed E-state index contributed by atoms with van der Waals surface area (Å²) in [5, 5.41) is 11.4. The molecule has 1 aromatic heterocycles. The molecule has 0 unspecified atom stereocenters. The van der Waals surface area contributed by atoms with E-state index in [2.05, 4.69) is 4.98 Å². The molecule has 0 bridgehead atoms. The third-order valence-electron chi connectivity index (χ3n) is 5.58. The van der Waals surface area contributed by atoms with E-state index in [1.54, 1.807) is 0 Å². The van der Waals surface area contributed by atoms with Crippen LogP contribution < -0.4 is 9.84 Å². The zero-order valence-electron chi connectivity index (χ0n) is 17.9. The van der Waals surface area contributed by atoms with Gasteiger partial charge in [-0.3, -0.25) is 0 Å². The number of rotatable bonds is 6. The number of benzene rings is 2. The highest BCUT2D eigenvalue weighted by Crippen LogP contribution is 2.44. The van der Waals surface area contributed by atoms with Crippen LogP contribution >= 0.6 is 11.6 Å². The molecule has 0 amide bonds. The number of carbonyl (C=O) groups excluding carboxylic acids is 1. The van der Waals surface area contributed by atoms with Crippen LogP contribution in [-0.4, -0.2) is 11.0 Å². The molecule has 0 aliphatic heterocycles. The van der Waals surface area contributed by atoms with E-state index in [1.165, 1.54) is 18.2 Å². The lowest BCUT2D eigenvalue weighted by molar-refractivity contribution is -0.255. The predicted molar refractivity (Wildman–Crippen MR) is 116 cm³/mol. The third-order valence-corrected chi connectivity index (χ3v) is 5.82. The van der Waals surface area contributed by atoms with E-state index in [0.29, 0.717) is 36.6 Å². The van der Waals surface area contributed by atoms with Crippen LogP contribution in [0.1, 0.15) is 51.9 Å². The first-order valence-electron chi connectivity index (χ1n) is 10.4. The maximum atomic E-state index is 14.2. The number of carbonyl (C=O) groups is 1. The molecule has 0 atom stereocenters. The molecule has 35 heavy (non-hydrogen) atoms. The minimum atomic E-state index is -4.69. The van der Waals surface area contributed by atoms with Crippen molar-refractivity contribution in [1.82, 2.24) is 4.98 Å². The smallest absolute Gasteiger partial charge is 0.417 e. The van der Waals surface area contributed by atoms with Gasteiger partial charge in [0.25, 0.3) is 0 Å². The maximum absolute atomic E-state index is 14.2. The molecule has 3 aromatic rings. The standard InChI is InChI=1S/C25H17ClF5NO3/c26-17-5-4-13(22(28)10-17)12-35-23-21(9-16(11-32-23)25(29,30)31)20-3-1-2-19(20)14-6-15(24(33)34)8-18(27)7-14/h4-11H,1-3,12H2,(H,33,34)/p-1. The molecular formula is C25H16ClF5NO3-. The fourth-order valence-electron chi connectivity index (χ4n) is 3.96. The number of allylic oxidation sites excluding steroid dienone is 2. The van der Waals surface area contributed by atoms with Gasteiger partial charge in [0.15, 0.2) is 0 Å². The first kappa shape index (κ1) is 24.7. The van der Waals surface area contributed by atoms with Gasteiger partial charge in [-0.25, -0.2) is 13.8 Å². The van der Waals surface area contributed by atoms with Crippen LogP contribution in [0.2, 0.25) is 5.02 Å². The molecule has 1 aliphatic carbocycles. The molecule has 182 valence electrons. The van der Waals surface area contributed by atoms with Crippen LogP contribution in [0.25, 0.3) is 11.1 Å². The highest BCUT2D eigenvalue weighted by molar-refractivity contribution is 6.30. The summed E-state index contributed by atoms with van der Waals surface area (Å²) < 4.78 is 74.3. The summed E-state index contributed by atoms with van der Waals surface area (Å²) >= 11 is 5.75. The Morgan fingerprint density at radius 1 is 1.06 bits per heavy atom. The molecule has 4 rings (SSSR count). The molecule has 0 radical (unpaired) electrons. The fraction of sp³-hybridized carbons (Fsp3) is 0.200. The number of aromatic carboxylic acids is 1. The molecular weight excluding hydrogens is 493 g/mol. The Hall–Kier alpha value is -3.46. The average Bonchev–Trinajstić information content (AvgIpc) is 3.27. The van der Waals surface area contributed by atoms with Crippen LogP contribution in [0.5, 0.6) is 5.88 Å². The van der Waals surface area contributed by atoms with E-state index in [1.807, 2.05) is 0 Å². The minimum Gasteiger partial charge on any atom is -0.545 e. The Morgan fingerprint density at radius 3 is 2.49 bits per heavy atom. The Balaban J connectivity index is 1.81. The van der Waals surface area contributed by atoms with Gasteiger partial charge in [0.2, 0.25) is 5.88 Å². The Morgan fingerprint density at radius 2 is 1.80 bits per heavy atom. The number of pyridine rings is 1. The van der Waals surface area contributed by atoms with Crippen LogP contribution in [0.15, 0.2) is 48.7 Å². The number of nitrogens with zero attached hydrogens (tertiary/aromatic N) is 1. The largest absolute Gasteiger partial charge is 0.545 e. The molecule has 1 heterocycles. The summed E-state index contributed by atoms with van der Waals surface area (Å²) in [6.45, 7) is -0.328. The zero-order valence-corrected chi connectivity index (χ0v) is 18.6. The van der Waals surface area contributed by atoms with Gasteiger partial charge in [-0.1, -0.05) is 17.7 Å². The second kappa shape index (κ2) is 9.65. The first-order chi connectivity index (χ1) is 16.5. The first-order valence-corrected chi connectivity index (χ1v) is 10.8. The van der Waals surface area contributed by atoms with Gasteiger partial charge in [0.05, 0.1) is 11.5 Å². The molecule has 10 heteroatoms. The van der Waals surface area contributed by atoms with Crippen LogP contribution in [0.3, 0.4) is 0 Å². The number of carboxylic acids is 1. The average molecular weight is 509 g/mol. The monoisotopic (exact) mass is 508 g/mol. The second-order valence-electron chi connectivity index (χ2n) is 7.93. The minimum absolute atomic E-state index is 0.0148. The topological polar surface area (TPSA) is 62.2 Å². The van der Waals surface area contributed by atoms with Gasteiger partial charge in [-0.2, -0.15) is 13.2 Å². The van der Waals surface area contributed by atoms with E-state index in [4.69, 9.17) is 16.3 Å². The normalized spacial score (nSPS) is 13.9. The number of halogens is 6. The van der Waals surface area contributed by atoms with Crippen molar-refractivity contribution in [1.29, 1.82) is 0 Å². The highest BCUT2D eigenvalue weighted by atomic mass is 35.5. The lowest BCUT2D eigenvalue weighted by Gasteiger charge is -2.17. The lowest BCUT2D eigenvalue weighted by atomic mass is 9.95. The fourth-order valence-corrected chi connectivity index (χ4v) is 4.12. The van der Waals surface area contributed by atoms with Crippen molar-refractivity contribution in [2.45, 2.75) is 32.0 Å². The molecule has 1 aliphatic rings. The van der Waals surface area contributed by atoms with Gasteiger partial charge < -0.3 is 14.6 Å². The van der Waals surface area contributed by atoms with Crippen molar-refractivity contribution in [3.05, 3.63) is 93.1 Å². The third kappa shape index (κ3) is 5.45. The Kier molecular flexibility index (Phi) is 6.80. The van der Waals surface area contributed by atoms with E-state index in [0.717, 1.165) is 24.3 Å². The number of hydrogen-bond acceptors (Lipinski definition) is 4. The van der Waals surface area contributed by atoms with Gasteiger partial charge in [-0.15, -0.1) is 0 Å². The molecule has 4 nitrogen and oxygen atoms in total. The summed E-state index contributed by atoms with van der Waals surface area (Å²) in [7, 11) is 0. The summed E-state index contributed by atoms with van der Waals surface area (Å²) in [4.78, 5) is 15.1. The number of alkyl halides is 3. The van der Waals surface area contributed by atoms with Gasteiger partial charge in [0.1, 0.15) is 18.2 Å². The Bertz CT molecular complexity index is 1340.